The number of nitrogens with one attached hydrogen (secondary N) is 1. The van der Waals surface area contributed by atoms with Crippen LogP contribution in [0.3, 0.4) is 0 Å². The Morgan fingerprint density at radius 2 is 2.11 bits per heavy atom. The number of aliphatic hydroxyl groups is 1. The Balaban J connectivity index is 2.21. The molecule has 1 aliphatic carbocycles. The van der Waals surface area contributed by atoms with E-state index >= 15 is 0 Å². The number of anilines is 1. The van der Waals surface area contributed by atoms with Crippen molar-refractivity contribution < 1.29 is 5.11 Å². The van der Waals surface area contributed by atoms with Gasteiger partial charge < -0.3 is 10.4 Å². The number of pyridine rings is 1. The number of aliphatic hydroxyl groups excluding tert-OH is 1. The Labute approximate surface area is 112 Å². The summed E-state index contributed by atoms with van der Waals surface area (Å²) >= 11 is 5.87. The predicted molar refractivity (Wildman–Crippen MR) is 70.5 cm³/mol. The fourth-order valence-corrected chi connectivity index (χ4v) is 2.66. The van der Waals surface area contributed by atoms with Crippen molar-refractivity contribution in [2.75, 3.05) is 11.9 Å². The number of aromatic nitrogens is 1. The molecule has 4 nitrogen and oxygen atoms in total. The molecule has 2 rings (SSSR count). The number of halogens is 1. The monoisotopic (exact) mass is 265 g/mol. The van der Waals surface area contributed by atoms with Gasteiger partial charge in [-0.3, -0.25) is 0 Å². The summed E-state index contributed by atoms with van der Waals surface area (Å²) < 4.78 is 0. The van der Waals surface area contributed by atoms with Crippen molar-refractivity contribution in [1.82, 2.24) is 4.98 Å². The zero-order valence-electron chi connectivity index (χ0n) is 10.1. The first kappa shape index (κ1) is 13.1. The molecular weight excluding hydrogens is 250 g/mol. The van der Waals surface area contributed by atoms with Crippen molar-refractivity contribution in [3.63, 3.8) is 0 Å². The Kier molecular flexibility index (Phi) is 4.05. The first-order chi connectivity index (χ1) is 8.67. The lowest BCUT2D eigenvalue weighted by molar-refractivity contribution is 0.172. The van der Waals surface area contributed by atoms with Gasteiger partial charge in [-0.25, -0.2) is 4.98 Å². The van der Waals surface area contributed by atoms with Crippen LogP contribution in [0.5, 0.6) is 0 Å². The van der Waals surface area contributed by atoms with Crippen LogP contribution in [-0.2, 0) is 0 Å². The largest absolute Gasteiger partial charge is 0.394 e. The molecule has 5 heteroatoms. The number of nitriles is 1. The van der Waals surface area contributed by atoms with E-state index in [1.165, 1.54) is 12.5 Å². The van der Waals surface area contributed by atoms with Crippen molar-refractivity contribution in [2.45, 2.75) is 37.6 Å². The van der Waals surface area contributed by atoms with Crippen LogP contribution in [0.4, 0.5) is 5.82 Å². The molecule has 0 aromatic carbocycles. The topological polar surface area (TPSA) is 68.9 Å². The minimum absolute atomic E-state index is 0.0725. The van der Waals surface area contributed by atoms with Crippen LogP contribution in [0, 0.1) is 11.3 Å². The van der Waals surface area contributed by atoms with Gasteiger partial charge in [0.15, 0.2) is 0 Å². The van der Waals surface area contributed by atoms with Gasteiger partial charge in [-0.1, -0.05) is 30.9 Å². The molecule has 0 aliphatic heterocycles. The molecule has 1 aliphatic rings. The van der Waals surface area contributed by atoms with Gasteiger partial charge >= 0.3 is 0 Å². The summed E-state index contributed by atoms with van der Waals surface area (Å²) in [6.07, 6.45) is 5.23. The maximum atomic E-state index is 9.61. The molecule has 0 bridgehead atoms. The average molecular weight is 266 g/mol. The standard InChI is InChI=1S/C13H16ClN3O/c14-11-6-10(8-15)7-12(16-11)17-13(9-18)4-2-1-3-5-13/h6-7,18H,1-5,9H2,(H,16,17). The van der Waals surface area contributed by atoms with Crippen LogP contribution in [0.1, 0.15) is 37.7 Å². The van der Waals surface area contributed by atoms with E-state index in [2.05, 4.69) is 10.3 Å². The van der Waals surface area contributed by atoms with Crippen molar-refractivity contribution in [3.8, 4) is 6.07 Å². The quantitative estimate of drug-likeness (QED) is 0.825. The van der Waals surface area contributed by atoms with E-state index in [0.29, 0.717) is 16.5 Å². The minimum atomic E-state index is -0.317. The Bertz CT molecular complexity index is 464. The number of hydrogen-bond acceptors (Lipinski definition) is 4. The number of nitrogens with zero attached hydrogens (tertiary/aromatic N) is 2. The van der Waals surface area contributed by atoms with Crippen LogP contribution < -0.4 is 5.32 Å². The predicted octanol–water partition coefficient (Wildman–Crippen LogP) is 2.71. The molecule has 0 amide bonds. The molecule has 1 aromatic rings. The Morgan fingerprint density at radius 1 is 1.39 bits per heavy atom. The van der Waals surface area contributed by atoms with E-state index in [1.54, 1.807) is 6.07 Å². The maximum Gasteiger partial charge on any atom is 0.132 e. The van der Waals surface area contributed by atoms with E-state index in [1.807, 2.05) is 6.07 Å². The molecule has 1 saturated carbocycles. The summed E-state index contributed by atoms with van der Waals surface area (Å²) in [7, 11) is 0. The first-order valence-electron chi connectivity index (χ1n) is 6.14. The van der Waals surface area contributed by atoms with Gasteiger partial charge in [0.1, 0.15) is 11.0 Å². The van der Waals surface area contributed by atoms with Crippen LogP contribution in [-0.4, -0.2) is 22.2 Å². The molecule has 18 heavy (non-hydrogen) atoms. The third-order valence-corrected chi connectivity index (χ3v) is 3.62. The molecule has 0 spiro atoms. The van der Waals surface area contributed by atoms with Gasteiger partial charge in [-0.2, -0.15) is 5.26 Å². The van der Waals surface area contributed by atoms with Crippen molar-refractivity contribution in [3.05, 3.63) is 22.8 Å². The second kappa shape index (κ2) is 5.55. The highest BCUT2D eigenvalue weighted by Gasteiger charge is 2.31. The van der Waals surface area contributed by atoms with Crippen LogP contribution >= 0.6 is 11.6 Å². The van der Waals surface area contributed by atoms with Crippen molar-refractivity contribution >= 4 is 17.4 Å². The third kappa shape index (κ3) is 2.92. The van der Waals surface area contributed by atoms with Crippen molar-refractivity contribution in [2.24, 2.45) is 0 Å². The highest BCUT2D eigenvalue weighted by Crippen LogP contribution is 2.31. The van der Waals surface area contributed by atoms with Crippen LogP contribution in [0.15, 0.2) is 12.1 Å². The lowest BCUT2D eigenvalue weighted by Crippen LogP contribution is -2.44. The lowest BCUT2D eigenvalue weighted by atomic mass is 9.82. The normalized spacial score (nSPS) is 18.1. The highest BCUT2D eigenvalue weighted by molar-refractivity contribution is 6.29. The van der Waals surface area contributed by atoms with Crippen LogP contribution in [0.2, 0.25) is 5.15 Å². The zero-order chi connectivity index (χ0) is 13.0. The Morgan fingerprint density at radius 3 is 2.72 bits per heavy atom. The second-order valence-electron chi connectivity index (χ2n) is 4.80. The van der Waals surface area contributed by atoms with E-state index in [9.17, 15) is 5.11 Å². The van der Waals surface area contributed by atoms with Gasteiger partial charge in [0, 0.05) is 0 Å². The van der Waals surface area contributed by atoms with Gasteiger partial charge in [-0.15, -0.1) is 0 Å². The van der Waals surface area contributed by atoms with E-state index < -0.39 is 0 Å². The smallest absolute Gasteiger partial charge is 0.132 e. The summed E-state index contributed by atoms with van der Waals surface area (Å²) in [6, 6.07) is 5.24. The zero-order valence-corrected chi connectivity index (χ0v) is 10.9. The van der Waals surface area contributed by atoms with Crippen molar-refractivity contribution in [1.29, 1.82) is 5.26 Å². The molecule has 96 valence electrons. The fraction of sp³-hybridized carbons (Fsp3) is 0.538. The van der Waals surface area contributed by atoms with Gasteiger partial charge in [0.25, 0.3) is 0 Å². The summed E-state index contributed by atoms with van der Waals surface area (Å²) in [4.78, 5) is 4.16. The summed E-state index contributed by atoms with van der Waals surface area (Å²) in [6.45, 7) is 0.0725. The molecule has 0 saturated heterocycles. The number of rotatable bonds is 3. The Hall–Kier alpha value is -1.31. The molecule has 1 fully saturated rings. The molecule has 1 aromatic heterocycles. The summed E-state index contributed by atoms with van der Waals surface area (Å²) in [5.41, 5.74) is 0.157. The second-order valence-corrected chi connectivity index (χ2v) is 5.19. The van der Waals surface area contributed by atoms with E-state index in [0.717, 1.165) is 25.7 Å². The number of hydrogen-bond donors (Lipinski definition) is 2. The molecule has 1 heterocycles. The highest BCUT2D eigenvalue weighted by atomic mass is 35.5. The van der Waals surface area contributed by atoms with Crippen LogP contribution in [0.25, 0.3) is 0 Å². The van der Waals surface area contributed by atoms with Gasteiger partial charge in [0.2, 0.25) is 0 Å². The molecule has 2 N–H and O–H groups in total. The summed E-state index contributed by atoms with van der Waals surface area (Å²) in [5.74, 6) is 0.565. The van der Waals surface area contributed by atoms with E-state index in [-0.39, 0.29) is 12.1 Å². The molecule has 0 atom stereocenters. The maximum absolute atomic E-state index is 9.61. The summed E-state index contributed by atoms with van der Waals surface area (Å²) in [5, 5.41) is 22.1. The van der Waals surface area contributed by atoms with Gasteiger partial charge in [0.05, 0.1) is 23.8 Å². The molecular formula is C13H16ClN3O. The fourth-order valence-electron chi connectivity index (χ4n) is 2.45. The SMILES string of the molecule is N#Cc1cc(Cl)nc(NC2(CO)CCCCC2)c1. The van der Waals surface area contributed by atoms with Gasteiger partial charge in [-0.05, 0) is 25.0 Å². The molecule has 0 radical (unpaired) electrons. The minimum Gasteiger partial charge on any atom is -0.394 e. The van der Waals surface area contributed by atoms with E-state index in [4.69, 9.17) is 16.9 Å². The average Bonchev–Trinajstić information content (AvgIpc) is 2.39. The first-order valence-corrected chi connectivity index (χ1v) is 6.52. The lowest BCUT2D eigenvalue weighted by Gasteiger charge is -2.37. The molecule has 0 unspecified atom stereocenters. The third-order valence-electron chi connectivity index (χ3n) is 3.43.